The van der Waals surface area contributed by atoms with Gasteiger partial charge in [0.2, 0.25) is 11.8 Å². The minimum absolute atomic E-state index is 0.0412. The number of ether oxygens (including phenoxy) is 1. The van der Waals surface area contributed by atoms with Crippen molar-refractivity contribution in [1.82, 2.24) is 10.2 Å². The lowest BCUT2D eigenvalue weighted by Gasteiger charge is -2.33. The molecule has 0 aliphatic carbocycles. The molecule has 2 atom stereocenters. The molecule has 0 heterocycles. The molecule has 10 heteroatoms. The van der Waals surface area contributed by atoms with Gasteiger partial charge in [0.1, 0.15) is 18.3 Å². The lowest BCUT2D eigenvalue weighted by atomic mass is 10.1. The number of amides is 2. The monoisotopic (exact) mass is 599 g/mol. The summed E-state index contributed by atoms with van der Waals surface area (Å²) < 4.78 is 34.3. The van der Waals surface area contributed by atoms with Crippen molar-refractivity contribution in [2.45, 2.75) is 64.6 Å². The zero-order chi connectivity index (χ0) is 30.3. The number of hydrogen-bond donors (Lipinski definition) is 1. The minimum Gasteiger partial charge on any atom is -0.497 e. The van der Waals surface area contributed by atoms with Crippen molar-refractivity contribution < 1.29 is 22.7 Å². The lowest BCUT2D eigenvalue weighted by Crippen LogP contribution is -2.52. The van der Waals surface area contributed by atoms with Crippen LogP contribution in [-0.4, -0.2) is 50.9 Å². The first-order valence-electron chi connectivity index (χ1n) is 13.5. The molecule has 8 nitrogen and oxygen atoms in total. The van der Waals surface area contributed by atoms with E-state index in [0.29, 0.717) is 16.3 Å². The number of aryl methyl sites for hydroxylation is 1. The van der Waals surface area contributed by atoms with Crippen molar-refractivity contribution in [2.75, 3.05) is 18.0 Å². The summed E-state index contributed by atoms with van der Waals surface area (Å²) in [5, 5.41) is 3.30. The van der Waals surface area contributed by atoms with Crippen molar-refractivity contribution in [3.8, 4) is 5.75 Å². The van der Waals surface area contributed by atoms with E-state index in [4.69, 9.17) is 16.3 Å². The van der Waals surface area contributed by atoms with Crippen LogP contribution in [0, 0.1) is 13.8 Å². The number of benzene rings is 3. The molecule has 0 bridgehead atoms. The third-order valence-electron chi connectivity index (χ3n) is 7.08. The Morgan fingerprint density at radius 1 is 0.976 bits per heavy atom. The van der Waals surface area contributed by atoms with E-state index in [9.17, 15) is 18.0 Å². The minimum atomic E-state index is -4.18. The van der Waals surface area contributed by atoms with E-state index in [1.54, 1.807) is 75.6 Å². The number of carbonyl (C=O) groups is 2. The summed E-state index contributed by atoms with van der Waals surface area (Å²) in [6.07, 6.45) is 0.724. The zero-order valence-electron chi connectivity index (χ0n) is 24.3. The largest absolute Gasteiger partial charge is 0.497 e. The number of nitrogens with zero attached hydrogens (tertiary/aromatic N) is 2. The maximum Gasteiger partial charge on any atom is 0.264 e. The average Bonchev–Trinajstić information content (AvgIpc) is 2.96. The fourth-order valence-electron chi connectivity index (χ4n) is 4.19. The van der Waals surface area contributed by atoms with Gasteiger partial charge in [-0.15, -0.1) is 0 Å². The molecule has 0 aliphatic heterocycles. The van der Waals surface area contributed by atoms with E-state index in [1.807, 2.05) is 20.8 Å². The fraction of sp³-hybridized carbons (Fsp3) is 0.355. The number of rotatable bonds is 12. The number of hydrogen-bond acceptors (Lipinski definition) is 5. The van der Waals surface area contributed by atoms with E-state index in [2.05, 4.69) is 5.32 Å². The first kappa shape index (κ1) is 32.0. The van der Waals surface area contributed by atoms with Gasteiger partial charge in [-0.05, 0) is 81.6 Å². The van der Waals surface area contributed by atoms with Crippen LogP contribution in [-0.2, 0) is 26.2 Å². The van der Waals surface area contributed by atoms with Crippen molar-refractivity contribution in [2.24, 2.45) is 0 Å². The number of carbonyl (C=O) groups excluding carboxylic acids is 2. The number of methoxy groups -OCH3 is 1. The summed E-state index contributed by atoms with van der Waals surface area (Å²) in [6, 6.07) is 17.5. The lowest BCUT2D eigenvalue weighted by molar-refractivity contribution is -0.139. The van der Waals surface area contributed by atoms with Crippen LogP contribution in [0.15, 0.2) is 71.6 Å². The smallest absolute Gasteiger partial charge is 0.264 e. The molecule has 1 N–H and O–H groups in total. The summed E-state index contributed by atoms with van der Waals surface area (Å²) in [7, 11) is -2.62. The number of nitrogens with one attached hydrogen (secondary N) is 1. The second kappa shape index (κ2) is 13.9. The summed E-state index contributed by atoms with van der Waals surface area (Å²) in [6.45, 7) is 8.61. The second-order valence-corrected chi connectivity index (χ2v) is 12.3. The molecule has 0 aliphatic rings. The predicted octanol–water partition coefficient (Wildman–Crippen LogP) is 5.49. The zero-order valence-corrected chi connectivity index (χ0v) is 25.9. The molecule has 0 aromatic heterocycles. The van der Waals surface area contributed by atoms with E-state index >= 15 is 0 Å². The van der Waals surface area contributed by atoms with Crippen LogP contribution in [0.4, 0.5) is 5.69 Å². The quantitative estimate of drug-likeness (QED) is 0.297. The van der Waals surface area contributed by atoms with Gasteiger partial charge in [-0.2, -0.15) is 0 Å². The number of sulfonamides is 1. The number of halogens is 1. The molecule has 0 radical (unpaired) electrons. The van der Waals surface area contributed by atoms with Crippen molar-refractivity contribution >= 4 is 39.1 Å². The molecule has 0 fully saturated rings. The van der Waals surface area contributed by atoms with Gasteiger partial charge in [-0.3, -0.25) is 13.9 Å². The molecule has 3 aromatic rings. The van der Waals surface area contributed by atoms with Crippen LogP contribution in [0.1, 0.15) is 43.9 Å². The third-order valence-corrected chi connectivity index (χ3v) is 9.26. The second-order valence-electron chi connectivity index (χ2n) is 10.1. The van der Waals surface area contributed by atoms with Crippen LogP contribution in [0.3, 0.4) is 0 Å². The molecule has 3 rings (SSSR count). The van der Waals surface area contributed by atoms with Gasteiger partial charge in [0, 0.05) is 17.6 Å². The Morgan fingerprint density at radius 3 is 2.20 bits per heavy atom. The van der Waals surface area contributed by atoms with Gasteiger partial charge in [0.25, 0.3) is 10.0 Å². The van der Waals surface area contributed by atoms with E-state index in [1.165, 1.54) is 17.0 Å². The highest BCUT2D eigenvalue weighted by atomic mass is 35.5. The Morgan fingerprint density at radius 2 is 1.61 bits per heavy atom. The van der Waals surface area contributed by atoms with Crippen LogP contribution in [0.2, 0.25) is 5.02 Å². The van der Waals surface area contributed by atoms with Crippen molar-refractivity contribution in [1.29, 1.82) is 0 Å². The average molecular weight is 600 g/mol. The summed E-state index contributed by atoms with van der Waals surface area (Å²) in [5.74, 6) is -0.211. The Kier molecular flexibility index (Phi) is 10.8. The molecule has 0 unspecified atom stereocenters. The van der Waals surface area contributed by atoms with Gasteiger partial charge in [0.15, 0.2) is 0 Å². The first-order valence-corrected chi connectivity index (χ1v) is 15.3. The highest BCUT2D eigenvalue weighted by molar-refractivity contribution is 7.92. The van der Waals surface area contributed by atoms with Crippen molar-refractivity contribution in [3.05, 3.63) is 88.4 Å². The van der Waals surface area contributed by atoms with Gasteiger partial charge in [-0.25, -0.2) is 8.42 Å². The summed E-state index contributed by atoms with van der Waals surface area (Å²) in [4.78, 5) is 28.7. The maximum atomic E-state index is 14.1. The maximum absolute atomic E-state index is 14.1. The third kappa shape index (κ3) is 7.80. The molecule has 0 spiro atoms. The van der Waals surface area contributed by atoms with Crippen LogP contribution in [0.25, 0.3) is 0 Å². The highest BCUT2D eigenvalue weighted by Crippen LogP contribution is 2.31. The van der Waals surface area contributed by atoms with Crippen LogP contribution in [0.5, 0.6) is 5.75 Å². The highest BCUT2D eigenvalue weighted by Gasteiger charge is 2.33. The van der Waals surface area contributed by atoms with Gasteiger partial charge in [-0.1, -0.05) is 54.4 Å². The van der Waals surface area contributed by atoms with Crippen LogP contribution < -0.4 is 14.4 Å². The van der Waals surface area contributed by atoms with E-state index in [0.717, 1.165) is 21.9 Å². The molecule has 2 amide bonds. The summed E-state index contributed by atoms with van der Waals surface area (Å²) in [5.41, 5.74) is 2.46. The molecule has 3 aromatic carbocycles. The normalized spacial score (nSPS) is 12.8. The number of anilines is 1. The molecule has 0 saturated heterocycles. The first-order chi connectivity index (χ1) is 19.4. The SMILES string of the molecule is CC[C@H](C)NC(=O)[C@H](C)N(Cc1ccc(OC)cc1)C(=O)CN(c1cccc(Cl)c1C)S(=O)(=O)c1ccc(C)cc1. The molecule has 0 saturated carbocycles. The Hall–Kier alpha value is -3.56. The van der Waals surface area contributed by atoms with E-state index in [-0.39, 0.29) is 29.1 Å². The Balaban J connectivity index is 2.06. The standard InChI is InChI=1S/C31H38ClN3O5S/c1-7-22(3)33-31(37)24(5)34(19-25-13-15-26(40-6)16-14-25)30(36)20-35(29-10-8-9-28(32)23(29)4)41(38,39)27-17-11-21(2)12-18-27/h8-18,22,24H,7,19-20H2,1-6H3,(H,33,37)/t22-,24-/m0/s1. The summed E-state index contributed by atoms with van der Waals surface area (Å²) >= 11 is 6.38. The molecular formula is C31H38ClN3O5S. The Labute approximate surface area is 248 Å². The van der Waals surface area contributed by atoms with Gasteiger partial charge < -0.3 is 15.0 Å². The van der Waals surface area contributed by atoms with Gasteiger partial charge >= 0.3 is 0 Å². The fourth-order valence-corrected chi connectivity index (χ4v) is 5.83. The predicted molar refractivity (Wildman–Crippen MR) is 163 cm³/mol. The molecular weight excluding hydrogens is 562 g/mol. The van der Waals surface area contributed by atoms with Crippen molar-refractivity contribution in [3.63, 3.8) is 0 Å². The molecule has 41 heavy (non-hydrogen) atoms. The Bertz CT molecular complexity index is 1460. The van der Waals surface area contributed by atoms with Gasteiger partial charge in [0.05, 0.1) is 17.7 Å². The van der Waals surface area contributed by atoms with Crippen LogP contribution >= 0.6 is 11.6 Å². The van der Waals surface area contributed by atoms with E-state index < -0.39 is 28.5 Å². The topological polar surface area (TPSA) is 96.0 Å². The molecule has 220 valence electrons.